The quantitative estimate of drug-likeness (QED) is 0.800. The largest absolute Gasteiger partial charge is 0.361 e. The molecular formula is C13H19N3. The number of aromatic amines is 1. The SMILES string of the molecule is CNCCN(C)Cc1ccc2[nH]ccc2c1. The molecule has 3 nitrogen and oxygen atoms in total. The van der Waals surface area contributed by atoms with Gasteiger partial charge in [-0.3, -0.25) is 0 Å². The Morgan fingerprint density at radius 2 is 2.19 bits per heavy atom. The van der Waals surface area contributed by atoms with Gasteiger partial charge in [-0.05, 0) is 43.2 Å². The molecule has 1 aromatic heterocycles. The van der Waals surface area contributed by atoms with Crippen molar-refractivity contribution in [3.05, 3.63) is 36.0 Å². The van der Waals surface area contributed by atoms with E-state index in [0.29, 0.717) is 0 Å². The summed E-state index contributed by atoms with van der Waals surface area (Å²) in [4.78, 5) is 5.53. The Balaban J connectivity index is 2.03. The number of fused-ring (bicyclic) bond motifs is 1. The fraction of sp³-hybridized carbons (Fsp3) is 0.385. The Morgan fingerprint density at radius 3 is 3.00 bits per heavy atom. The van der Waals surface area contributed by atoms with Crippen LogP contribution in [0.4, 0.5) is 0 Å². The lowest BCUT2D eigenvalue weighted by Crippen LogP contribution is -2.26. The molecule has 0 saturated carbocycles. The van der Waals surface area contributed by atoms with E-state index in [9.17, 15) is 0 Å². The minimum Gasteiger partial charge on any atom is -0.361 e. The number of rotatable bonds is 5. The summed E-state index contributed by atoms with van der Waals surface area (Å²) in [5, 5.41) is 4.45. The van der Waals surface area contributed by atoms with Gasteiger partial charge < -0.3 is 15.2 Å². The first-order chi connectivity index (χ1) is 7.79. The highest BCUT2D eigenvalue weighted by Crippen LogP contribution is 2.15. The molecule has 0 spiro atoms. The van der Waals surface area contributed by atoms with Crippen LogP contribution in [0.1, 0.15) is 5.56 Å². The number of H-pyrrole nitrogens is 1. The summed E-state index contributed by atoms with van der Waals surface area (Å²) in [5.74, 6) is 0. The Morgan fingerprint density at radius 1 is 1.31 bits per heavy atom. The normalized spacial score (nSPS) is 11.4. The van der Waals surface area contributed by atoms with Gasteiger partial charge in [-0.2, -0.15) is 0 Å². The number of likely N-dealkylation sites (N-methyl/N-ethyl adjacent to an activating group) is 2. The maximum Gasteiger partial charge on any atom is 0.0454 e. The minimum absolute atomic E-state index is 1.00. The van der Waals surface area contributed by atoms with Gasteiger partial charge in [-0.1, -0.05) is 6.07 Å². The molecule has 0 saturated heterocycles. The fourth-order valence-electron chi connectivity index (χ4n) is 1.89. The first-order valence-corrected chi connectivity index (χ1v) is 5.69. The lowest BCUT2D eigenvalue weighted by molar-refractivity contribution is 0.328. The lowest BCUT2D eigenvalue weighted by atomic mass is 10.1. The molecule has 0 aliphatic carbocycles. The Bertz CT molecular complexity index is 447. The first kappa shape index (κ1) is 11.2. The van der Waals surface area contributed by atoms with Crippen molar-refractivity contribution < 1.29 is 0 Å². The second-order valence-corrected chi connectivity index (χ2v) is 4.24. The van der Waals surface area contributed by atoms with Gasteiger partial charge in [0.2, 0.25) is 0 Å². The van der Waals surface area contributed by atoms with Crippen LogP contribution >= 0.6 is 0 Å². The molecule has 2 aromatic rings. The van der Waals surface area contributed by atoms with Crippen molar-refractivity contribution in [2.75, 3.05) is 27.2 Å². The van der Waals surface area contributed by atoms with E-state index < -0.39 is 0 Å². The van der Waals surface area contributed by atoms with Crippen LogP contribution in [-0.2, 0) is 6.54 Å². The molecule has 86 valence electrons. The molecule has 16 heavy (non-hydrogen) atoms. The van der Waals surface area contributed by atoms with E-state index in [1.165, 1.54) is 16.5 Å². The van der Waals surface area contributed by atoms with Crippen molar-refractivity contribution in [1.82, 2.24) is 15.2 Å². The Hall–Kier alpha value is -1.32. The molecule has 1 heterocycles. The standard InChI is InChI=1S/C13H19N3/c1-14-7-8-16(2)10-11-3-4-13-12(9-11)5-6-15-13/h3-6,9,14-15H,7-8,10H2,1-2H3. The topological polar surface area (TPSA) is 31.1 Å². The Labute approximate surface area is 96.5 Å². The monoisotopic (exact) mass is 217 g/mol. The molecule has 0 amide bonds. The van der Waals surface area contributed by atoms with Gasteiger partial charge in [0.25, 0.3) is 0 Å². The van der Waals surface area contributed by atoms with Gasteiger partial charge in [0.15, 0.2) is 0 Å². The van der Waals surface area contributed by atoms with Gasteiger partial charge in [-0.25, -0.2) is 0 Å². The highest BCUT2D eigenvalue weighted by Gasteiger charge is 2.01. The third-order valence-corrected chi connectivity index (χ3v) is 2.81. The van der Waals surface area contributed by atoms with Crippen LogP contribution in [0.15, 0.2) is 30.5 Å². The zero-order chi connectivity index (χ0) is 11.4. The van der Waals surface area contributed by atoms with Crippen molar-refractivity contribution in [1.29, 1.82) is 0 Å². The average molecular weight is 217 g/mol. The molecule has 2 N–H and O–H groups in total. The summed E-state index contributed by atoms with van der Waals surface area (Å²) in [7, 11) is 4.14. The molecule has 3 heteroatoms. The zero-order valence-corrected chi connectivity index (χ0v) is 9.96. The Kier molecular flexibility index (Phi) is 3.59. The molecule has 0 bridgehead atoms. The van der Waals surface area contributed by atoms with Gasteiger partial charge in [0.1, 0.15) is 0 Å². The maximum atomic E-state index is 3.21. The van der Waals surface area contributed by atoms with Crippen LogP contribution in [0.5, 0.6) is 0 Å². The van der Waals surface area contributed by atoms with E-state index >= 15 is 0 Å². The highest BCUT2D eigenvalue weighted by atomic mass is 15.1. The van der Waals surface area contributed by atoms with Crippen LogP contribution in [-0.4, -0.2) is 37.1 Å². The number of nitrogens with zero attached hydrogens (tertiary/aromatic N) is 1. The third-order valence-electron chi connectivity index (χ3n) is 2.81. The predicted octanol–water partition coefficient (Wildman–Crippen LogP) is 1.82. The van der Waals surface area contributed by atoms with Crippen molar-refractivity contribution >= 4 is 10.9 Å². The molecule has 0 atom stereocenters. The van der Waals surface area contributed by atoms with Gasteiger partial charge in [0.05, 0.1) is 0 Å². The lowest BCUT2D eigenvalue weighted by Gasteiger charge is -2.16. The number of benzene rings is 1. The van der Waals surface area contributed by atoms with E-state index in [1.807, 2.05) is 13.2 Å². The molecule has 2 rings (SSSR count). The van der Waals surface area contributed by atoms with E-state index in [-0.39, 0.29) is 0 Å². The van der Waals surface area contributed by atoms with Crippen LogP contribution in [0.2, 0.25) is 0 Å². The first-order valence-electron chi connectivity index (χ1n) is 5.69. The zero-order valence-electron chi connectivity index (χ0n) is 9.96. The molecule has 0 fully saturated rings. The number of nitrogens with one attached hydrogen (secondary N) is 2. The van der Waals surface area contributed by atoms with E-state index in [1.54, 1.807) is 0 Å². The molecule has 0 radical (unpaired) electrons. The molecular weight excluding hydrogens is 198 g/mol. The van der Waals surface area contributed by atoms with Crippen molar-refractivity contribution in [3.8, 4) is 0 Å². The van der Waals surface area contributed by atoms with E-state index in [4.69, 9.17) is 0 Å². The number of aromatic nitrogens is 1. The van der Waals surface area contributed by atoms with Crippen LogP contribution in [0.3, 0.4) is 0 Å². The fourth-order valence-corrected chi connectivity index (χ4v) is 1.89. The summed E-state index contributed by atoms with van der Waals surface area (Å²) in [6.45, 7) is 3.10. The van der Waals surface area contributed by atoms with Crippen molar-refractivity contribution in [3.63, 3.8) is 0 Å². The van der Waals surface area contributed by atoms with Gasteiger partial charge in [0, 0.05) is 31.3 Å². The molecule has 0 aliphatic rings. The summed E-state index contributed by atoms with van der Waals surface area (Å²) in [5.41, 5.74) is 2.58. The highest BCUT2D eigenvalue weighted by molar-refractivity contribution is 5.79. The van der Waals surface area contributed by atoms with Gasteiger partial charge in [-0.15, -0.1) is 0 Å². The summed E-state index contributed by atoms with van der Waals surface area (Å²) in [6.07, 6.45) is 1.99. The maximum absolute atomic E-state index is 3.21. The van der Waals surface area contributed by atoms with Gasteiger partial charge >= 0.3 is 0 Å². The number of hydrogen-bond acceptors (Lipinski definition) is 2. The summed E-state index contributed by atoms with van der Waals surface area (Å²) in [6, 6.07) is 8.71. The van der Waals surface area contributed by atoms with Crippen LogP contribution in [0, 0.1) is 0 Å². The second-order valence-electron chi connectivity index (χ2n) is 4.24. The summed E-state index contributed by atoms with van der Waals surface area (Å²) < 4.78 is 0. The van der Waals surface area contributed by atoms with E-state index in [2.05, 4.69) is 46.5 Å². The average Bonchev–Trinajstić information content (AvgIpc) is 2.73. The van der Waals surface area contributed by atoms with E-state index in [0.717, 1.165) is 19.6 Å². The van der Waals surface area contributed by atoms with Crippen molar-refractivity contribution in [2.24, 2.45) is 0 Å². The van der Waals surface area contributed by atoms with Crippen LogP contribution < -0.4 is 5.32 Å². The van der Waals surface area contributed by atoms with Crippen LogP contribution in [0.25, 0.3) is 10.9 Å². The number of hydrogen-bond donors (Lipinski definition) is 2. The van der Waals surface area contributed by atoms with Crippen molar-refractivity contribution in [2.45, 2.75) is 6.54 Å². The second kappa shape index (κ2) is 5.14. The third kappa shape index (κ3) is 2.62. The summed E-state index contributed by atoms with van der Waals surface area (Å²) >= 11 is 0. The molecule has 0 aliphatic heterocycles. The smallest absolute Gasteiger partial charge is 0.0454 e. The molecule has 1 aromatic carbocycles. The predicted molar refractivity (Wildman–Crippen MR) is 68.6 cm³/mol. The minimum atomic E-state index is 1.00. The molecule has 0 unspecified atom stereocenters.